The van der Waals surface area contributed by atoms with Crippen molar-refractivity contribution in [2.75, 3.05) is 32.8 Å². The van der Waals surface area contributed by atoms with Gasteiger partial charge in [0.1, 0.15) is 0 Å². The molecule has 0 bridgehead atoms. The number of carbonyl (C=O) groups excluding carboxylic acids is 2. The van der Waals surface area contributed by atoms with E-state index < -0.39 is 28.5 Å². The third kappa shape index (κ3) is 4.75. The number of rotatable bonds is 5. The Balaban J connectivity index is 1.52. The molecule has 8 nitrogen and oxygen atoms in total. The van der Waals surface area contributed by atoms with Crippen molar-refractivity contribution in [1.29, 1.82) is 0 Å². The number of sulfonamides is 1. The number of benzene rings is 1. The minimum atomic E-state index is -3.65. The maximum atomic E-state index is 12.6. The molecule has 1 fully saturated rings. The first kappa shape index (κ1) is 20.8. The fourth-order valence-electron chi connectivity index (χ4n) is 2.65. The van der Waals surface area contributed by atoms with E-state index in [9.17, 15) is 18.0 Å². The minimum Gasteiger partial charge on any atom is -0.450 e. The number of amides is 1. The van der Waals surface area contributed by atoms with Crippen LogP contribution >= 0.6 is 27.5 Å². The molecule has 0 aliphatic carbocycles. The number of hydrogen-bond acceptors (Lipinski definition) is 6. The lowest BCUT2D eigenvalue weighted by molar-refractivity contribution is -0.135. The van der Waals surface area contributed by atoms with Crippen molar-refractivity contribution in [2.45, 2.75) is 4.90 Å². The topological polar surface area (TPSA) is 97.1 Å². The summed E-state index contributed by atoms with van der Waals surface area (Å²) < 4.78 is 37.0. The van der Waals surface area contributed by atoms with Gasteiger partial charge in [-0.1, -0.05) is 11.6 Å². The van der Waals surface area contributed by atoms with E-state index in [1.54, 1.807) is 6.07 Å². The molecule has 1 aliphatic heterocycles. The molecular weight excluding hydrogens is 476 g/mol. The van der Waals surface area contributed by atoms with Crippen molar-refractivity contribution >= 4 is 49.4 Å². The van der Waals surface area contributed by atoms with Crippen molar-refractivity contribution in [3.63, 3.8) is 0 Å². The second-order valence-corrected chi connectivity index (χ2v) is 9.07. The molecule has 2 heterocycles. The Morgan fingerprint density at radius 2 is 1.71 bits per heavy atom. The summed E-state index contributed by atoms with van der Waals surface area (Å²) in [4.78, 5) is 25.6. The van der Waals surface area contributed by atoms with Crippen molar-refractivity contribution in [1.82, 2.24) is 9.21 Å². The van der Waals surface area contributed by atoms with Gasteiger partial charge in [0, 0.05) is 31.2 Å². The second-order valence-electron chi connectivity index (χ2n) is 5.92. The summed E-state index contributed by atoms with van der Waals surface area (Å²) in [5, 5.41) is 0.450. The number of esters is 1. The predicted molar refractivity (Wildman–Crippen MR) is 103 cm³/mol. The SMILES string of the molecule is O=C(OCC(=O)N1CCN(S(=O)(=O)c2ccc(Cl)cc2)CC1)c1ccc(Br)o1. The first-order valence-electron chi connectivity index (χ1n) is 8.23. The first-order valence-corrected chi connectivity index (χ1v) is 10.8. The summed E-state index contributed by atoms with van der Waals surface area (Å²) in [6, 6.07) is 8.89. The van der Waals surface area contributed by atoms with Crippen LogP contribution < -0.4 is 0 Å². The Kier molecular flexibility index (Phi) is 6.43. The van der Waals surface area contributed by atoms with Crippen LogP contribution in [0.3, 0.4) is 0 Å². The van der Waals surface area contributed by atoms with E-state index in [1.165, 1.54) is 39.5 Å². The molecule has 3 rings (SSSR count). The largest absolute Gasteiger partial charge is 0.450 e. The fraction of sp³-hybridized carbons (Fsp3) is 0.294. The summed E-state index contributed by atoms with van der Waals surface area (Å²) >= 11 is 8.87. The van der Waals surface area contributed by atoms with Crippen molar-refractivity contribution < 1.29 is 27.2 Å². The number of carbonyl (C=O) groups is 2. The van der Waals surface area contributed by atoms with Gasteiger partial charge in [-0.25, -0.2) is 13.2 Å². The number of halogens is 2. The lowest BCUT2D eigenvalue weighted by Gasteiger charge is -2.33. The third-order valence-electron chi connectivity index (χ3n) is 4.14. The van der Waals surface area contributed by atoms with E-state index >= 15 is 0 Å². The maximum Gasteiger partial charge on any atom is 0.374 e. The van der Waals surface area contributed by atoms with Crippen molar-refractivity contribution in [3.8, 4) is 0 Å². The third-order valence-corrected chi connectivity index (χ3v) is 6.73. The molecule has 1 aliphatic rings. The zero-order chi connectivity index (χ0) is 20.3. The quantitative estimate of drug-likeness (QED) is 0.596. The van der Waals surface area contributed by atoms with Gasteiger partial charge in [0.25, 0.3) is 5.91 Å². The molecule has 0 saturated carbocycles. The summed E-state index contributed by atoms with van der Waals surface area (Å²) in [5.41, 5.74) is 0. The van der Waals surface area contributed by atoms with Crippen molar-refractivity contribution in [2.24, 2.45) is 0 Å². The van der Waals surface area contributed by atoms with Gasteiger partial charge in [-0.05, 0) is 52.3 Å². The summed E-state index contributed by atoms with van der Waals surface area (Å²) in [6.07, 6.45) is 0. The average molecular weight is 492 g/mol. The Labute approximate surface area is 175 Å². The Bertz CT molecular complexity index is 968. The highest BCUT2D eigenvalue weighted by atomic mass is 79.9. The molecule has 11 heteroatoms. The highest BCUT2D eigenvalue weighted by Crippen LogP contribution is 2.20. The van der Waals surface area contributed by atoms with E-state index in [-0.39, 0.29) is 36.8 Å². The Morgan fingerprint density at radius 3 is 2.29 bits per heavy atom. The van der Waals surface area contributed by atoms with Crippen LogP contribution in [0.4, 0.5) is 0 Å². The van der Waals surface area contributed by atoms with Gasteiger partial charge >= 0.3 is 5.97 Å². The standard InChI is InChI=1S/C17H16BrClN2O6S/c18-15-6-5-14(27-15)17(23)26-11-16(22)20-7-9-21(10-8-20)28(24,25)13-3-1-12(19)2-4-13/h1-6H,7-11H2. The lowest BCUT2D eigenvalue weighted by atomic mass is 10.3. The van der Waals surface area contributed by atoms with Gasteiger partial charge in [0.05, 0.1) is 4.90 Å². The van der Waals surface area contributed by atoms with Crippen molar-refractivity contribution in [3.05, 3.63) is 51.9 Å². The second kappa shape index (κ2) is 8.64. The number of ether oxygens (including phenoxy) is 1. The molecule has 0 radical (unpaired) electrons. The van der Waals surface area contributed by atoms with E-state index in [0.29, 0.717) is 9.69 Å². The molecule has 1 saturated heterocycles. The molecule has 150 valence electrons. The minimum absolute atomic E-state index is 0.0152. The molecule has 0 unspecified atom stereocenters. The van der Waals surface area contributed by atoms with Gasteiger partial charge < -0.3 is 14.1 Å². The highest BCUT2D eigenvalue weighted by Gasteiger charge is 2.30. The number of nitrogens with zero attached hydrogens (tertiary/aromatic N) is 2. The number of piperazine rings is 1. The molecule has 0 atom stereocenters. The normalized spacial score (nSPS) is 15.4. The van der Waals surface area contributed by atoms with Gasteiger partial charge in [-0.3, -0.25) is 4.79 Å². The lowest BCUT2D eigenvalue weighted by Crippen LogP contribution is -2.51. The monoisotopic (exact) mass is 490 g/mol. The van der Waals surface area contributed by atoms with E-state index in [1.807, 2.05) is 0 Å². The molecular formula is C17H16BrClN2O6S. The van der Waals surface area contributed by atoms with Crippen LogP contribution in [0, 0.1) is 0 Å². The Morgan fingerprint density at radius 1 is 1.07 bits per heavy atom. The zero-order valence-corrected chi connectivity index (χ0v) is 17.7. The van der Waals surface area contributed by atoms with Gasteiger partial charge in [0.2, 0.25) is 15.8 Å². The molecule has 0 N–H and O–H groups in total. The molecule has 28 heavy (non-hydrogen) atoms. The van der Waals surface area contributed by atoms with Gasteiger partial charge in [0.15, 0.2) is 11.3 Å². The molecule has 1 aromatic heterocycles. The first-order chi connectivity index (χ1) is 13.3. The molecule has 1 amide bonds. The predicted octanol–water partition coefficient (Wildman–Crippen LogP) is 2.39. The van der Waals surface area contributed by atoms with Crippen LogP contribution in [0.15, 0.2) is 50.4 Å². The fourth-order valence-corrected chi connectivity index (χ4v) is 4.50. The van der Waals surface area contributed by atoms with Crippen LogP contribution in [0.1, 0.15) is 10.6 Å². The maximum absolute atomic E-state index is 12.6. The summed E-state index contributed by atoms with van der Waals surface area (Å²) in [5.74, 6) is -1.16. The summed E-state index contributed by atoms with van der Waals surface area (Å²) in [7, 11) is -3.65. The number of furan rings is 1. The zero-order valence-electron chi connectivity index (χ0n) is 14.5. The smallest absolute Gasteiger partial charge is 0.374 e. The molecule has 1 aromatic carbocycles. The van der Waals surface area contributed by atoms with Crippen LogP contribution in [0.25, 0.3) is 0 Å². The van der Waals surface area contributed by atoms with Crippen LogP contribution in [-0.2, 0) is 19.6 Å². The van der Waals surface area contributed by atoms with E-state index in [4.69, 9.17) is 20.8 Å². The highest BCUT2D eigenvalue weighted by molar-refractivity contribution is 9.10. The van der Waals surface area contributed by atoms with Crippen LogP contribution in [0.2, 0.25) is 5.02 Å². The van der Waals surface area contributed by atoms with E-state index in [2.05, 4.69) is 15.9 Å². The molecule has 2 aromatic rings. The average Bonchev–Trinajstić information content (AvgIpc) is 3.13. The Hall–Kier alpha value is -1.88. The van der Waals surface area contributed by atoms with Gasteiger partial charge in [-0.2, -0.15) is 4.31 Å². The molecule has 0 spiro atoms. The number of hydrogen-bond donors (Lipinski definition) is 0. The van der Waals surface area contributed by atoms with E-state index in [0.717, 1.165) is 0 Å². The van der Waals surface area contributed by atoms with Crippen LogP contribution in [-0.4, -0.2) is 62.3 Å². The summed E-state index contributed by atoms with van der Waals surface area (Å²) in [6.45, 7) is 0.262. The van der Waals surface area contributed by atoms with Crippen LogP contribution in [0.5, 0.6) is 0 Å². The van der Waals surface area contributed by atoms with Gasteiger partial charge in [-0.15, -0.1) is 0 Å².